The number of carbonyl (C=O) groups excluding carboxylic acids is 2. The molecule has 1 aromatic rings. The molecular weight excluding hydrogens is 358 g/mol. The van der Waals surface area contributed by atoms with Crippen LogP contribution in [0.5, 0.6) is 0 Å². The van der Waals surface area contributed by atoms with Crippen molar-refractivity contribution in [3.05, 3.63) is 34.3 Å². The highest BCUT2D eigenvalue weighted by Crippen LogP contribution is 2.28. The average Bonchev–Trinajstić information content (AvgIpc) is 3.26. The Balaban J connectivity index is 0.00000220. The van der Waals surface area contributed by atoms with Crippen LogP contribution < -0.4 is 11.1 Å². The number of rotatable bonds is 6. The van der Waals surface area contributed by atoms with Gasteiger partial charge >= 0.3 is 0 Å². The van der Waals surface area contributed by atoms with Crippen LogP contribution in [0.25, 0.3) is 0 Å². The molecule has 0 aliphatic heterocycles. The predicted octanol–water partition coefficient (Wildman–Crippen LogP) is 1.44. The van der Waals surface area contributed by atoms with E-state index >= 15 is 0 Å². The van der Waals surface area contributed by atoms with Crippen LogP contribution in [-0.2, 0) is 16.1 Å². The first kappa shape index (κ1) is 17.9. The van der Waals surface area contributed by atoms with Crippen molar-refractivity contribution in [1.82, 2.24) is 10.2 Å². The third kappa shape index (κ3) is 5.65. The molecule has 0 heterocycles. The molecular formula is C14H19BrClN3O2. The smallest absolute Gasteiger partial charge is 0.242 e. The third-order valence-electron chi connectivity index (χ3n) is 3.17. The highest BCUT2D eigenvalue weighted by molar-refractivity contribution is 9.10. The zero-order valence-electron chi connectivity index (χ0n) is 11.5. The van der Waals surface area contributed by atoms with E-state index in [1.807, 2.05) is 29.2 Å². The highest BCUT2D eigenvalue weighted by Gasteiger charge is 2.32. The minimum absolute atomic E-state index is 0. The molecule has 0 saturated heterocycles. The summed E-state index contributed by atoms with van der Waals surface area (Å²) in [4.78, 5) is 25.1. The summed E-state index contributed by atoms with van der Waals surface area (Å²) in [7, 11) is 0. The van der Waals surface area contributed by atoms with Crippen molar-refractivity contribution in [1.29, 1.82) is 0 Å². The number of carbonyl (C=O) groups is 2. The molecule has 1 saturated carbocycles. The summed E-state index contributed by atoms with van der Waals surface area (Å²) in [5.41, 5.74) is 6.28. The molecule has 0 atom stereocenters. The Kier molecular flexibility index (Phi) is 7.14. The van der Waals surface area contributed by atoms with Gasteiger partial charge in [0.05, 0.1) is 13.1 Å². The summed E-state index contributed by atoms with van der Waals surface area (Å²) >= 11 is 3.43. The molecule has 5 nitrogen and oxygen atoms in total. The van der Waals surface area contributed by atoms with E-state index in [0.29, 0.717) is 12.6 Å². The van der Waals surface area contributed by atoms with Gasteiger partial charge in [-0.3, -0.25) is 9.59 Å². The molecule has 2 amide bonds. The molecule has 1 fully saturated rings. The molecule has 0 bridgehead atoms. The van der Waals surface area contributed by atoms with Gasteiger partial charge in [-0.05, 0) is 30.5 Å². The second kappa shape index (κ2) is 8.36. The second-order valence-electron chi connectivity index (χ2n) is 4.86. The van der Waals surface area contributed by atoms with Crippen LogP contribution in [0.3, 0.4) is 0 Å². The monoisotopic (exact) mass is 375 g/mol. The van der Waals surface area contributed by atoms with Crippen molar-refractivity contribution in [2.45, 2.75) is 25.4 Å². The fraction of sp³-hybridized carbons (Fsp3) is 0.429. The molecule has 116 valence electrons. The lowest BCUT2D eigenvalue weighted by molar-refractivity contribution is -0.133. The van der Waals surface area contributed by atoms with Crippen molar-refractivity contribution in [3.63, 3.8) is 0 Å². The van der Waals surface area contributed by atoms with Crippen molar-refractivity contribution in [3.8, 4) is 0 Å². The van der Waals surface area contributed by atoms with E-state index < -0.39 is 0 Å². The minimum atomic E-state index is -0.309. The summed E-state index contributed by atoms with van der Waals surface area (Å²) in [6.07, 6.45) is 2.06. The van der Waals surface area contributed by atoms with Gasteiger partial charge in [-0.15, -0.1) is 12.4 Å². The Hall–Kier alpha value is -1.11. The number of hydrogen-bond donors (Lipinski definition) is 2. The Morgan fingerprint density at radius 3 is 2.67 bits per heavy atom. The zero-order valence-corrected chi connectivity index (χ0v) is 14.0. The van der Waals surface area contributed by atoms with Crippen molar-refractivity contribution < 1.29 is 9.59 Å². The van der Waals surface area contributed by atoms with Crippen LogP contribution in [0.15, 0.2) is 28.7 Å². The SMILES string of the molecule is Cl.NCC(=O)NCC(=O)N(Cc1cccc(Br)c1)C1CC1. The Labute approximate surface area is 138 Å². The Bertz CT molecular complexity index is 509. The first-order chi connectivity index (χ1) is 9.60. The van der Waals surface area contributed by atoms with E-state index in [1.54, 1.807) is 0 Å². The molecule has 3 N–H and O–H groups in total. The van der Waals surface area contributed by atoms with Gasteiger partial charge in [-0.1, -0.05) is 28.1 Å². The number of benzene rings is 1. The highest BCUT2D eigenvalue weighted by atomic mass is 79.9. The summed E-state index contributed by atoms with van der Waals surface area (Å²) < 4.78 is 0.995. The molecule has 0 radical (unpaired) electrons. The van der Waals surface area contributed by atoms with Gasteiger partial charge in [0, 0.05) is 17.1 Å². The lowest BCUT2D eigenvalue weighted by Gasteiger charge is -2.23. The topological polar surface area (TPSA) is 75.4 Å². The largest absolute Gasteiger partial charge is 0.346 e. The van der Waals surface area contributed by atoms with Crippen LogP contribution in [0.1, 0.15) is 18.4 Å². The molecule has 0 unspecified atom stereocenters. The summed E-state index contributed by atoms with van der Waals surface area (Å²) in [6.45, 7) is 0.490. The number of amides is 2. The normalized spacial score (nSPS) is 13.2. The van der Waals surface area contributed by atoms with E-state index in [2.05, 4.69) is 21.2 Å². The van der Waals surface area contributed by atoms with Gasteiger partial charge in [-0.25, -0.2) is 0 Å². The molecule has 0 aromatic heterocycles. The second-order valence-corrected chi connectivity index (χ2v) is 5.78. The first-order valence-corrected chi connectivity index (χ1v) is 7.40. The summed E-state index contributed by atoms with van der Waals surface area (Å²) in [5.74, 6) is -0.370. The lowest BCUT2D eigenvalue weighted by atomic mass is 10.2. The van der Waals surface area contributed by atoms with Crippen LogP contribution in [0.4, 0.5) is 0 Å². The molecule has 21 heavy (non-hydrogen) atoms. The molecule has 1 aliphatic carbocycles. The summed E-state index contributed by atoms with van der Waals surface area (Å²) in [5, 5.41) is 2.53. The van der Waals surface area contributed by atoms with Crippen molar-refractivity contribution >= 4 is 40.2 Å². The van der Waals surface area contributed by atoms with Crippen LogP contribution in [0, 0.1) is 0 Å². The molecule has 7 heteroatoms. The lowest BCUT2D eigenvalue weighted by Crippen LogP contribution is -2.42. The number of hydrogen-bond acceptors (Lipinski definition) is 3. The maximum atomic E-state index is 12.2. The minimum Gasteiger partial charge on any atom is -0.346 e. The number of nitrogens with one attached hydrogen (secondary N) is 1. The summed E-state index contributed by atoms with van der Waals surface area (Å²) in [6, 6.07) is 8.20. The average molecular weight is 377 g/mol. The van der Waals surface area contributed by atoms with Gasteiger partial charge in [0.15, 0.2) is 0 Å². The van der Waals surface area contributed by atoms with E-state index in [4.69, 9.17) is 5.73 Å². The maximum Gasteiger partial charge on any atom is 0.242 e. The number of nitrogens with zero attached hydrogens (tertiary/aromatic N) is 1. The van der Waals surface area contributed by atoms with E-state index in [9.17, 15) is 9.59 Å². The first-order valence-electron chi connectivity index (χ1n) is 6.61. The van der Waals surface area contributed by atoms with Gasteiger partial charge in [0.2, 0.25) is 11.8 Å². The van der Waals surface area contributed by atoms with Crippen molar-refractivity contribution in [2.75, 3.05) is 13.1 Å². The van der Waals surface area contributed by atoms with Gasteiger partial charge < -0.3 is 16.0 Å². The van der Waals surface area contributed by atoms with Gasteiger partial charge in [0.1, 0.15) is 0 Å². The van der Waals surface area contributed by atoms with Crippen LogP contribution in [-0.4, -0.2) is 35.8 Å². The molecule has 1 aromatic carbocycles. The number of halogens is 2. The van der Waals surface area contributed by atoms with Crippen molar-refractivity contribution in [2.24, 2.45) is 5.73 Å². The van der Waals surface area contributed by atoms with Crippen LogP contribution in [0.2, 0.25) is 0 Å². The molecule has 2 rings (SSSR count). The number of nitrogens with two attached hydrogens (primary N) is 1. The molecule has 1 aliphatic rings. The van der Waals surface area contributed by atoms with E-state index in [-0.39, 0.29) is 37.3 Å². The molecule has 0 spiro atoms. The van der Waals surface area contributed by atoms with Crippen LogP contribution >= 0.6 is 28.3 Å². The van der Waals surface area contributed by atoms with E-state index in [1.165, 1.54) is 0 Å². The standard InChI is InChI=1S/C14H18BrN3O2.ClH/c15-11-3-1-2-10(6-11)9-18(12-4-5-12)14(20)8-17-13(19)7-16;/h1-3,6,12H,4-5,7-9,16H2,(H,17,19);1H. The predicted molar refractivity (Wildman–Crippen MR) is 87.0 cm³/mol. The van der Waals surface area contributed by atoms with E-state index in [0.717, 1.165) is 22.9 Å². The Morgan fingerprint density at radius 2 is 2.10 bits per heavy atom. The quantitative estimate of drug-likeness (QED) is 0.789. The Morgan fingerprint density at radius 1 is 1.38 bits per heavy atom. The van der Waals surface area contributed by atoms with Gasteiger partial charge in [0.25, 0.3) is 0 Å². The van der Waals surface area contributed by atoms with Gasteiger partial charge in [-0.2, -0.15) is 0 Å². The zero-order chi connectivity index (χ0) is 14.5. The fourth-order valence-corrected chi connectivity index (χ4v) is 2.43. The maximum absolute atomic E-state index is 12.2. The third-order valence-corrected chi connectivity index (χ3v) is 3.67. The fourth-order valence-electron chi connectivity index (χ4n) is 1.99.